The summed E-state index contributed by atoms with van der Waals surface area (Å²) in [6, 6.07) is 6.60. The Morgan fingerprint density at radius 1 is 1.16 bits per heavy atom. The second-order valence-electron chi connectivity index (χ2n) is 10.4. The van der Waals surface area contributed by atoms with Crippen LogP contribution in [0.25, 0.3) is 11.1 Å². The van der Waals surface area contributed by atoms with Crippen LogP contribution in [0.4, 0.5) is 10.5 Å². The number of hydrogen-bond acceptors (Lipinski definition) is 5. The van der Waals surface area contributed by atoms with Crippen molar-refractivity contribution < 1.29 is 14.1 Å². The molecule has 2 aromatic rings. The van der Waals surface area contributed by atoms with Crippen molar-refractivity contribution in [2.24, 2.45) is 11.8 Å². The Morgan fingerprint density at radius 3 is 2.41 bits per heavy atom. The van der Waals surface area contributed by atoms with Crippen molar-refractivity contribution in [3.63, 3.8) is 0 Å². The van der Waals surface area contributed by atoms with Crippen molar-refractivity contribution >= 4 is 11.8 Å². The molecular formula is C26H39N3O3. The Labute approximate surface area is 192 Å². The summed E-state index contributed by atoms with van der Waals surface area (Å²) in [6.45, 7) is 13.5. The first-order valence-electron chi connectivity index (χ1n) is 11.8. The van der Waals surface area contributed by atoms with Gasteiger partial charge in [0.25, 0.3) is 0 Å². The highest BCUT2D eigenvalue weighted by atomic mass is 16.6. The van der Waals surface area contributed by atoms with Gasteiger partial charge in [-0.15, -0.1) is 0 Å². The van der Waals surface area contributed by atoms with E-state index in [0.29, 0.717) is 18.4 Å². The van der Waals surface area contributed by atoms with E-state index in [9.17, 15) is 4.79 Å². The highest BCUT2D eigenvalue weighted by Gasteiger charge is 2.24. The normalized spacial score (nSPS) is 19.0. The molecule has 1 heterocycles. The molecule has 1 aromatic heterocycles. The van der Waals surface area contributed by atoms with Crippen molar-refractivity contribution in [2.45, 2.75) is 72.8 Å². The van der Waals surface area contributed by atoms with E-state index in [1.165, 1.54) is 24.1 Å². The third-order valence-corrected chi connectivity index (χ3v) is 6.37. The number of rotatable bonds is 6. The Balaban J connectivity index is 1.53. The van der Waals surface area contributed by atoms with Gasteiger partial charge in [-0.2, -0.15) is 0 Å². The molecule has 0 radical (unpaired) electrons. The fourth-order valence-corrected chi connectivity index (χ4v) is 4.72. The summed E-state index contributed by atoms with van der Waals surface area (Å²) >= 11 is 0. The SMILES string of the molecule is Cc1ccc(-c2c(C)noc2C)cc1N(C)C[C@H]1CC[C@H](CNC(=O)OC(C)(C)C)CC1. The maximum Gasteiger partial charge on any atom is 0.407 e. The summed E-state index contributed by atoms with van der Waals surface area (Å²) in [5.41, 5.74) is 5.27. The minimum absolute atomic E-state index is 0.312. The topological polar surface area (TPSA) is 67.6 Å². The predicted molar refractivity (Wildman–Crippen MR) is 129 cm³/mol. The lowest BCUT2D eigenvalue weighted by Crippen LogP contribution is -2.37. The molecule has 3 rings (SSSR count). The molecule has 32 heavy (non-hydrogen) atoms. The maximum atomic E-state index is 11.9. The lowest BCUT2D eigenvalue weighted by Gasteiger charge is -2.33. The van der Waals surface area contributed by atoms with E-state index in [1.54, 1.807) is 0 Å². The second kappa shape index (κ2) is 9.97. The summed E-state index contributed by atoms with van der Waals surface area (Å²) < 4.78 is 10.7. The molecule has 0 saturated heterocycles. The van der Waals surface area contributed by atoms with E-state index in [2.05, 4.69) is 47.5 Å². The van der Waals surface area contributed by atoms with Crippen LogP contribution in [0, 0.1) is 32.6 Å². The number of benzene rings is 1. The fraction of sp³-hybridized carbons (Fsp3) is 0.615. The third kappa shape index (κ3) is 6.27. The summed E-state index contributed by atoms with van der Waals surface area (Å²) in [4.78, 5) is 14.3. The van der Waals surface area contributed by atoms with Crippen LogP contribution in [0.15, 0.2) is 22.7 Å². The van der Waals surface area contributed by atoms with Gasteiger partial charge in [0.15, 0.2) is 0 Å². The van der Waals surface area contributed by atoms with Gasteiger partial charge in [-0.1, -0.05) is 17.3 Å². The molecule has 1 aliphatic carbocycles. The van der Waals surface area contributed by atoms with Crippen LogP contribution >= 0.6 is 0 Å². The zero-order chi connectivity index (χ0) is 23.5. The second-order valence-corrected chi connectivity index (χ2v) is 10.4. The molecule has 176 valence electrons. The van der Waals surface area contributed by atoms with Crippen molar-refractivity contribution in [2.75, 3.05) is 25.0 Å². The average Bonchev–Trinajstić information content (AvgIpc) is 3.05. The number of carbonyl (C=O) groups excluding carboxylic acids is 1. The quantitative estimate of drug-likeness (QED) is 0.592. The van der Waals surface area contributed by atoms with Gasteiger partial charge in [0.1, 0.15) is 11.4 Å². The third-order valence-electron chi connectivity index (χ3n) is 6.37. The van der Waals surface area contributed by atoms with Crippen LogP contribution in [0.2, 0.25) is 0 Å². The smallest absolute Gasteiger partial charge is 0.407 e. The van der Waals surface area contributed by atoms with Gasteiger partial charge in [-0.25, -0.2) is 4.79 Å². The van der Waals surface area contributed by atoms with Crippen LogP contribution in [0.5, 0.6) is 0 Å². The van der Waals surface area contributed by atoms with Crippen LogP contribution in [-0.4, -0.2) is 37.0 Å². The lowest BCUT2D eigenvalue weighted by atomic mass is 9.81. The van der Waals surface area contributed by atoms with Crippen molar-refractivity contribution in [3.8, 4) is 11.1 Å². The molecule has 0 spiro atoms. The summed E-state index contributed by atoms with van der Waals surface area (Å²) in [5, 5.41) is 7.05. The van der Waals surface area contributed by atoms with Crippen LogP contribution < -0.4 is 10.2 Å². The van der Waals surface area contributed by atoms with E-state index in [-0.39, 0.29) is 6.09 Å². The maximum absolute atomic E-state index is 11.9. The minimum atomic E-state index is -0.451. The van der Waals surface area contributed by atoms with Crippen molar-refractivity contribution in [3.05, 3.63) is 35.2 Å². The first kappa shape index (κ1) is 24.1. The Morgan fingerprint density at radius 2 is 1.81 bits per heavy atom. The van der Waals surface area contributed by atoms with E-state index in [4.69, 9.17) is 9.26 Å². The molecule has 1 fully saturated rings. The van der Waals surface area contributed by atoms with Gasteiger partial charge < -0.3 is 19.5 Å². The molecule has 0 atom stereocenters. The van der Waals surface area contributed by atoms with E-state index < -0.39 is 5.60 Å². The molecule has 1 amide bonds. The van der Waals surface area contributed by atoms with Crippen LogP contribution in [-0.2, 0) is 4.74 Å². The molecule has 6 nitrogen and oxygen atoms in total. The van der Waals surface area contributed by atoms with Gasteiger partial charge in [0.05, 0.1) is 5.69 Å². The minimum Gasteiger partial charge on any atom is -0.444 e. The number of hydrogen-bond donors (Lipinski definition) is 1. The summed E-state index contributed by atoms with van der Waals surface area (Å²) in [6.07, 6.45) is 4.35. The van der Waals surface area contributed by atoms with E-state index >= 15 is 0 Å². The fourth-order valence-electron chi connectivity index (χ4n) is 4.72. The number of alkyl carbamates (subject to hydrolysis) is 1. The number of aromatic nitrogens is 1. The van der Waals surface area contributed by atoms with Crippen LogP contribution in [0.1, 0.15) is 63.5 Å². The van der Waals surface area contributed by atoms with Gasteiger partial charge in [-0.05, 0) is 96.3 Å². The molecule has 0 aliphatic heterocycles. The van der Waals surface area contributed by atoms with Gasteiger partial charge in [-0.3, -0.25) is 0 Å². The zero-order valence-electron chi connectivity index (χ0n) is 20.7. The molecular weight excluding hydrogens is 402 g/mol. The number of nitrogens with one attached hydrogen (secondary N) is 1. The number of anilines is 1. The molecule has 0 bridgehead atoms. The van der Waals surface area contributed by atoms with Crippen molar-refractivity contribution in [1.82, 2.24) is 10.5 Å². The molecule has 1 saturated carbocycles. The highest BCUT2D eigenvalue weighted by molar-refractivity contribution is 5.73. The summed E-state index contributed by atoms with van der Waals surface area (Å²) in [7, 11) is 2.19. The Kier molecular flexibility index (Phi) is 7.52. The molecule has 1 aromatic carbocycles. The molecule has 1 N–H and O–H groups in total. The standard InChI is InChI=1S/C26H39N3O3/c1-17-8-13-22(24-18(2)28-32-19(24)3)14-23(17)29(7)16-21-11-9-20(10-12-21)15-27-25(30)31-26(4,5)6/h8,13-14,20-21H,9-12,15-16H2,1-7H3,(H,27,30)/t20-,21-. The largest absolute Gasteiger partial charge is 0.444 e. The average molecular weight is 442 g/mol. The lowest BCUT2D eigenvalue weighted by molar-refractivity contribution is 0.0513. The van der Waals surface area contributed by atoms with Gasteiger partial charge >= 0.3 is 6.09 Å². The Bertz CT molecular complexity index is 901. The van der Waals surface area contributed by atoms with Gasteiger partial charge in [0, 0.05) is 31.4 Å². The number of amides is 1. The summed E-state index contributed by atoms with van der Waals surface area (Å²) in [5.74, 6) is 2.06. The zero-order valence-corrected chi connectivity index (χ0v) is 20.7. The van der Waals surface area contributed by atoms with E-state index in [0.717, 1.165) is 42.0 Å². The monoisotopic (exact) mass is 441 g/mol. The molecule has 1 aliphatic rings. The predicted octanol–water partition coefficient (Wildman–Crippen LogP) is 6.03. The van der Waals surface area contributed by atoms with Gasteiger partial charge in [0.2, 0.25) is 0 Å². The Hall–Kier alpha value is -2.50. The number of aryl methyl sites for hydroxylation is 3. The van der Waals surface area contributed by atoms with Crippen LogP contribution in [0.3, 0.4) is 0 Å². The number of nitrogens with zero attached hydrogens (tertiary/aromatic N) is 2. The molecule has 0 unspecified atom stereocenters. The van der Waals surface area contributed by atoms with E-state index in [1.807, 2.05) is 34.6 Å². The first-order chi connectivity index (χ1) is 15.0. The molecule has 6 heteroatoms. The number of ether oxygens (including phenoxy) is 1. The van der Waals surface area contributed by atoms with Crippen molar-refractivity contribution in [1.29, 1.82) is 0 Å². The first-order valence-corrected chi connectivity index (χ1v) is 11.8. The number of carbonyl (C=O) groups is 1. The highest BCUT2D eigenvalue weighted by Crippen LogP contribution is 2.34.